The highest BCUT2D eigenvalue weighted by molar-refractivity contribution is 6.79. The van der Waals surface area contributed by atoms with Crippen LogP contribution in [0.2, 0.25) is 19.6 Å². The van der Waals surface area contributed by atoms with Crippen molar-refractivity contribution in [2.75, 3.05) is 0 Å². The predicted molar refractivity (Wildman–Crippen MR) is 84.7 cm³/mol. The van der Waals surface area contributed by atoms with Crippen molar-refractivity contribution < 1.29 is 8.54 Å². The Balaban J connectivity index is 2.20. The Hall–Kier alpha value is -1.37. The van der Waals surface area contributed by atoms with Gasteiger partial charge in [0.15, 0.2) is 8.32 Å². The van der Waals surface area contributed by atoms with Crippen LogP contribution in [0.25, 0.3) is 0 Å². The molecular formula is C15H20O2Si2. The second kappa shape index (κ2) is 6.19. The number of hydrogen-bond donors (Lipinski definition) is 0. The van der Waals surface area contributed by atoms with Gasteiger partial charge in [-0.2, -0.15) is 0 Å². The highest BCUT2D eigenvalue weighted by Gasteiger charge is 2.26. The van der Waals surface area contributed by atoms with Crippen molar-refractivity contribution in [1.29, 1.82) is 0 Å². The molecule has 100 valence electrons. The summed E-state index contributed by atoms with van der Waals surface area (Å²) in [6.45, 7) is 6.60. The maximum Gasteiger partial charge on any atom is 0.406 e. The van der Waals surface area contributed by atoms with E-state index in [0.29, 0.717) is 0 Å². The van der Waals surface area contributed by atoms with E-state index in [0.717, 1.165) is 5.75 Å². The molecule has 1 unspecified atom stereocenters. The fraction of sp³-hybridized carbons (Fsp3) is 0.200. The summed E-state index contributed by atoms with van der Waals surface area (Å²) in [5.41, 5.74) is 0. The molecule has 2 aromatic rings. The van der Waals surface area contributed by atoms with Gasteiger partial charge in [-0.15, -0.1) is 0 Å². The van der Waals surface area contributed by atoms with Gasteiger partial charge in [0.25, 0.3) is 0 Å². The molecule has 0 saturated carbocycles. The van der Waals surface area contributed by atoms with Crippen molar-refractivity contribution in [3.05, 3.63) is 60.7 Å². The molecule has 0 bridgehead atoms. The lowest BCUT2D eigenvalue weighted by molar-refractivity contribution is 0.437. The maximum absolute atomic E-state index is 6.28. The average Bonchev–Trinajstić information content (AvgIpc) is 2.39. The molecule has 1 atom stereocenters. The van der Waals surface area contributed by atoms with Crippen LogP contribution in [0.4, 0.5) is 0 Å². The van der Waals surface area contributed by atoms with E-state index >= 15 is 0 Å². The van der Waals surface area contributed by atoms with Gasteiger partial charge in [-0.1, -0.05) is 48.5 Å². The molecule has 0 aliphatic heterocycles. The summed E-state index contributed by atoms with van der Waals surface area (Å²) in [6.07, 6.45) is 0. The fourth-order valence-corrected chi connectivity index (χ4v) is 6.10. The second-order valence-electron chi connectivity index (χ2n) is 5.40. The smallest absolute Gasteiger partial charge is 0.406 e. The first-order chi connectivity index (χ1) is 9.04. The van der Waals surface area contributed by atoms with Crippen molar-refractivity contribution in [1.82, 2.24) is 0 Å². The van der Waals surface area contributed by atoms with Gasteiger partial charge in [0.1, 0.15) is 5.75 Å². The summed E-state index contributed by atoms with van der Waals surface area (Å²) in [7, 11) is -3.50. The minimum absolute atomic E-state index is 0.890. The van der Waals surface area contributed by atoms with Crippen molar-refractivity contribution in [3.63, 3.8) is 0 Å². The Bertz CT molecular complexity index is 495. The Kier molecular flexibility index (Phi) is 4.58. The molecule has 0 amide bonds. The van der Waals surface area contributed by atoms with Crippen LogP contribution in [0.1, 0.15) is 0 Å². The van der Waals surface area contributed by atoms with Gasteiger partial charge >= 0.3 is 9.28 Å². The van der Waals surface area contributed by atoms with Crippen LogP contribution in [-0.2, 0) is 4.12 Å². The molecule has 0 aromatic heterocycles. The first-order valence-electron chi connectivity index (χ1n) is 6.49. The molecule has 0 fully saturated rings. The van der Waals surface area contributed by atoms with E-state index in [1.54, 1.807) is 0 Å². The first kappa shape index (κ1) is 14.1. The third-order valence-corrected chi connectivity index (χ3v) is 7.62. The van der Waals surface area contributed by atoms with Crippen LogP contribution in [-0.4, -0.2) is 17.6 Å². The van der Waals surface area contributed by atoms with Crippen molar-refractivity contribution in [2.45, 2.75) is 19.6 Å². The van der Waals surface area contributed by atoms with Gasteiger partial charge in [0.2, 0.25) is 0 Å². The van der Waals surface area contributed by atoms with Crippen LogP contribution in [0, 0.1) is 0 Å². The average molecular weight is 288 g/mol. The SMILES string of the molecule is C[Si](C)(C)O[SiH](Oc1ccccc1)c1ccccc1. The van der Waals surface area contributed by atoms with E-state index in [1.807, 2.05) is 48.5 Å². The molecule has 0 spiro atoms. The monoisotopic (exact) mass is 288 g/mol. The van der Waals surface area contributed by atoms with Crippen molar-refractivity contribution in [3.8, 4) is 5.75 Å². The highest BCUT2D eigenvalue weighted by Crippen LogP contribution is 2.13. The van der Waals surface area contributed by atoms with E-state index in [1.165, 1.54) is 5.19 Å². The zero-order valence-corrected chi connectivity index (χ0v) is 13.8. The van der Waals surface area contributed by atoms with Gasteiger partial charge in [-0.05, 0) is 31.8 Å². The zero-order valence-electron chi connectivity index (χ0n) is 11.7. The summed E-state index contributed by atoms with van der Waals surface area (Å²) in [4.78, 5) is 0. The lowest BCUT2D eigenvalue weighted by Crippen LogP contribution is -2.47. The van der Waals surface area contributed by atoms with Gasteiger partial charge in [0, 0.05) is 5.19 Å². The molecule has 0 N–H and O–H groups in total. The largest absolute Gasteiger partial charge is 0.520 e. The van der Waals surface area contributed by atoms with Crippen molar-refractivity contribution >= 4 is 22.8 Å². The maximum atomic E-state index is 6.28. The van der Waals surface area contributed by atoms with Gasteiger partial charge in [-0.25, -0.2) is 0 Å². The summed E-state index contributed by atoms with van der Waals surface area (Å²) in [5.74, 6) is 0.890. The topological polar surface area (TPSA) is 18.5 Å². The zero-order chi connectivity index (χ0) is 13.7. The highest BCUT2D eigenvalue weighted by atomic mass is 28.4. The molecule has 0 heterocycles. The molecule has 2 rings (SSSR count). The summed E-state index contributed by atoms with van der Waals surface area (Å²) < 4.78 is 12.4. The van der Waals surface area contributed by atoms with Crippen LogP contribution in [0.15, 0.2) is 60.7 Å². The molecule has 0 saturated heterocycles. The molecule has 4 heteroatoms. The van der Waals surface area contributed by atoms with Crippen molar-refractivity contribution in [2.24, 2.45) is 0 Å². The lowest BCUT2D eigenvalue weighted by atomic mass is 10.3. The molecule has 0 aliphatic carbocycles. The molecule has 2 nitrogen and oxygen atoms in total. The van der Waals surface area contributed by atoms with Crippen LogP contribution >= 0.6 is 0 Å². The van der Waals surface area contributed by atoms with Gasteiger partial charge in [-0.3, -0.25) is 0 Å². The quantitative estimate of drug-likeness (QED) is 0.787. The van der Waals surface area contributed by atoms with Crippen LogP contribution in [0.5, 0.6) is 5.75 Å². The Morgan fingerprint density at radius 2 is 1.32 bits per heavy atom. The first-order valence-corrected chi connectivity index (χ1v) is 11.4. The van der Waals surface area contributed by atoms with E-state index in [9.17, 15) is 0 Å². The predicted octanol–water partition coefficient (Wildman–Crippen LogP) is 3.04. The number of hydrogen-bond acceptors (Lipinski definition) is 2. The Morgan fingerprint density at radius 1 is 0.789 bits per heavy atom. The summed E-state index contributed by atoms with van der Waals surface area (Å²) in [5, 5.41) is 1.19. The van der Waals surface area contributed by atoms with Gasteiger partial charge in [0.05, 0.1) is 0 Å². The molecule has 19 heavy (non-hydrogen) atoms. The molecular weight excluding hydrogens is 268 g/mol. The molecule has 0 aliphatic rings. The van der Waals surface area contributed by atoms with Gasteiger partial charge < -0.3 is 8.54 Å². The van der Waals surface area contributed by atoms with Crippen LogP contribution < -0.4 is 9.61 Å². The molecule has 0 radical (unpaired) electrons. The number of rotatable bonds is 5. The normalized spacial score (nSPS) is 13.0. The number of benzene rings is 2. The lowest BCUT2D eigenvalue weighted by Gasteiger charge is -2.26. The van der Waals surface area contributed by atoms with E-state index < -0.39 is 17.6 Å². The Labute approximate surface area is 118 Å². The van der Waals surface area contributed by atoms with E-state index in [4.69, 9.17) is 8.54 Å². The second-order valence-corrected chi connectivity index (χ2v) is 12.1. The minimum atomic E-state index is -1.88. The Morgan fingerprint density at radius 3 is 1.84 bits per heavy atom. The minimum Gasteiger partial charge on any atom is -0.520 e. The molecule has 2 aromatic carbocycles. The summed E-state index contributed by atoms with van der Waals surface area (Å²) in [6, 6.07) is 20.2. The van der Waals surface area contributed by atoms with E-state index in [-0.39, 0.29) is 0 Å². The number of para-hydroxylation sites is 1. The standard InChI is InChI=1S/C15H20O2Si2/c1-19(2,3)17-18(15-12-8-5-9-13-15)16-14-10-6-4-7-11-14/h4-13,18H,1-3H3. The third kappa shape index (κ3) is 4.66. The van der Waals surface area contributed by atoms with E-state index in [2.05, 4.69) is 31.8 Å². The fourth-order valence-electron chi connectivity index (χ4n) is 1.71. The van der Waals surface area contributed by atoms with Crippen LogP contribution in [0.3, 0.4) is 0 Å². The summed E-state index contributed by atoms with van der Waals surface area (Å²) >= 11 is 0. The third-order valence-electron chi connectivity index (χ3n) is 2.52.